The van der Waals surface area contributed by atoms with Crippen molar-refractivity contribution in [2.24, 2.45) is 5.10 Å². The quantitative estimate of drug-likeness (QED) is 0.0579. The predicted molar refractivity (Wildman–Crippen MR) is 134 cm³/mol. The van der Waals surface area contributed by atoms with E-state index in [2.05, 4.69) is 19.6 Å². The van der Waals surface area contributed by atoms with Gasteiger partial charge in [-0.1, -0.05) is 42.5 Å². The van der Waals surface area contributed by atoms with Crippen LogP contribution in [0.3, 0.4) is 0 Å². The average Bonchev–Trinajstić information content (AvgIpc) is 3.36. The van der Waals surface area contributed by atoms with Crippen molar-refractivity contribution in [1.29, 1.82) is 0 Å². The molecule has 1 amide bonds. The molecule has 198 valence electrons. The molecule has 0 fully saturated rings. The molecule has 40 heavy (non-hydrogen) atoms. The van der Waals surface area contributed by atoms with E-state index in [1.807, 2.05) is 0 Å². The molecule has 1 aromatic heterocycles. The summed E-state index contributed by atoms with van der Waals surface area (Å²) in [6.07, 6.45) is 5.87. The van der Waals surface area contributed by atoms with E-state index in [1.54, 1.807) is 43.3 Å². The van der Waals surface area contributed by atoms with E-state index in [-0.39, 0.29) is 133 Å². The molecular weight excluding hydrogens is 615 g/mol. The fourth-order valence-corrected chi connectivity index (χ4v) is 4.94. The summed E-state index contributed by atoms with van der Waals surface area (Å²) in [4.78, 5) is 25.9. The van der Waals surface area contributed by atoms with Gasteiger partial charge < -0.3 is 9.81 Å². The molecule has 0 saturated carbocycles. The van der Waals surface area contributed by atoms with Crippen LogP contribution >= 0.6 is 12.0 Å². The molecule has 1 N–H and O–H groups in total. The predicted octanol–water partition coefficient (Wildman–Crippen LogP) is -4.36. The zero-order valence-electron chi connectivity index (χ0n) is 21.8. The van der Waals surface area contributed by atoms with E-state index >= 15 is 0 Å². The number of H-pyrrole nitrogens is 1. The second kappa shape index (κ2) is 16.4. The Balaban J connectivity index is 0.00000280. The monoisotopic (exact) mass is 634 g/mol. The van der Waals surface area contributed by atoms with Crippen molar-refractivity contribution in [3.8, 4) is 0 Å². The number of aromatic nitrogens is 2. The third-order valence-corrected chi connectivity index (χ3v) is 7.19. The van der Waals surface area contributed by atoms with Crippen LogP contribution in [0.4, 0.5) is 0 Å². The smallest absolute Gasteiger partial charge is 0.744 e. The van der Waals surface area contributed by atoms with Gasteiger partial charge in [0.05, 0.1) is 47.4 Å². The maximum Gasteiger partial charge on any atom is 1.00 e. The molecule has 0 unspecified atom stereocenters. The van der Waals surface area contributed by atoms with Crippen molar-refractivity contribution in [3.63, 3.8) is 0 Å². The molecule has 2 aromatic carbocycles. The maximum atomic E-state index is 13.0. The van der Waals surface area contributed by atoms with Crippen molar-refractivity contribution in [2.45, 2.75) is 29.8 Å². The molecular formula is C24H20K2N4O8S2. The number of hydrogen-bond acceptors (Lipinski definition) is 10. The van der Waals surface area contributed by atoms with Gasteiger partial charge in [0.2, 0.25) is 0 Å². The molecule has 0 saturated heterocycles. The van der Waals surface area contributed by atoms with Gasteiger partial charge in [-0.2, -0.15) is 9.44 Å². The zero-order valence-corrected chi connectivity index (χ0v) is 29.6. The van der Waals surface area contributed by atoms with Crippen LogP contribution in [-0.2, 0) is 37.4 Å². The first-order valence-corrected chi connectivity index (χ1v) is 13.1. The number of hydrogen-bond donors (Lipinski definition) is 1. The Hall–Kier alpha value is -0.517. The van der Waals surface area contributed by atoms with E-state index < -0.39 is 20.9 Å². The minimum Gasteiger partial charge on any atom is -0.744 e. The van der Waals surface area contributed by atoms with Crippen LogP contribution in [0.25, 0.3) is 6.08 Å². The number of nitrogens with one attached hydrogen (secondary N) is 1. The molecule has 0 spiro atoms. The number of carbonyl (C=O) groups excluding carboxylic acids is 1. The Bertz CT molecular complexity index is 1620. The van der Waals surface area contributed by atoms with Gasteiger partial charge in [0.1, 0.15) is 10.1 Å². The second-order valence-electron chi connectivity index (χ2n) is 8.02. The van der Waals surface area contributed by atoms with Crippen LogP contribution in [0.2, 0.25) is 0 Å². The van der Waals surface area contributed by atoms with Crippen molar-refractivity contribution in [3.05, 3.63) is 99.0 Å². The average molecular weight is 635 g/mol. The topological polar surface area (TPSA) is 169 Å². The summed E-state index contributed by atoms with van der Waals surface area (Å²) in [7, 11) is -4.71. The van der Waals surface area contributed by atoms with Gasteiger partial charge in [0.15, 0.2) is 0 Å². The SMILES string of the molecule is Cc1[nH]n(Cc2ccccc2SOO[O-])c(=O)c1/C=C/C=C1\C=NN(Cc2ccccc2S(=O)(=O)[O-])C1=O.[K+].[K+]. The summed E-state index contributed by atoms with van der Waals surface area (Å²) in [6, 6.07) is 12.6. The Morgan fingerprint density at radius 2 is 1.73 bits per heavy atom. The molecule has 2 heterocycles. The largest absolute Gasteiger partial charge is 1.00 e. The van der Waals surface area contributed by atoms with Crippen LogP contribution in [0, 0.1) is 6.92 Å². The number of benzene rings is 2. The number of aryl methyl sites for hydroxylation is 1. The molecule has 4 rings (SSSR count). The second-order valence-corrected chi connectivity index (χ2v) is 10.1. The van der Waals surface area contributed by atoms with Crippen LogP contribution in [0.1, 0.15) is 22.4 Å². The Labute approximate surface area is 319 Å². The van der Waals surface area contributed by atoms with Crippen molar-refractivity contribution < 1.29 is 135 Å². The van der Waals surface area contributed by atoms with Crippen LogP contribution in [0.15, 0.2) is 85.9 Å². The minimum atomic E-state index is -4.71. The minimum absolute atomic E-state index is 0. The number of rotatable bonds is 10. The Morgan fingerprint density at radius 3 is 2.42 bits per heavy atom. The van der Waals surface area contributed by atoms with Gasteiger partial charge in [-0.25, -0.2) is 18.1 Å². The van der Waals surface area contributed by atoms with Gasteiger partial charge in [-0.15, -0.1) is 0 Å². The van der Waals surface area contributed by atoms with E-state index in [0.717, 1.165) is 22.6 Å². The fraction of sp³-hybridized carbons (Fsp3) is 0.125. The normalized spacial score (nSPS) is 14.1. The van der Waals surface area contributed by atoms with Gasteiger partial charge in [0.25, 0.3) is 11.5 Å². The zero-order chi connectivity index (χ0) is 27.3. The number of amides is 1. The summed E-state index contributed by atoms with van der Waals surface area (Å²) in [5.74, 6) is -0.491. The maximum absolute atomic E-state index is 13.0. The summed E-state index contributed by atoms with van der Waals surface area (Å²) >= 11 is 0.734. The Kier molecular flexibility index (Phi) is 14.6. The summed E-state index contributed by atoms with van der Waals surface area (Å²) in [5, 5.41) is 21.6. The molecule has 1 aliphatic rings. The molecule has 0 radical (unpaired) electrons. The Morgan fingerprint density at radius 1 is 1.05 bits per heavy atom. The number of aromatic amines is 1. The summed E-state index contributed by atoms with van der Waals surface area (Å²) < 4.78 is 40.3. The van der Waals surface area contributed by atoms with Crippen LogP contribution in [-0.4, -0.2) is 39.9 Å². The third-order valence-electron chi connectivity index (χ3n) is 5.55. The van der Waals surface area contributed by atoms with E-state index in [0.29, 0.717) is 16.2 Å². The first-order chi connectivity index (χ1) is 18.2. The first-order valence-electron chi connectivity index (χ1n) is 11.0. The molecule has 0 atom stereocenters. The molecule has 3 aromatic rings. The van der Waals surface area contributed by atoms with Gasteiger partial charge in [-0.05, 0) is 42.3 Å². The molecule has 12 nitrogen and oxygen atoms in total. The first kappa shape index (κ1) is 35.7. The molecule has 16 heteroatoms. The standard InChI is InChI=1S/C24H22N4O8S2.2K/c1-16-20(24(30)28(26-16)14-18-7-2-4-11-21(18)37-36-35-31)10-6-9-17-13-25-27(23(17)29)15-19-8-3-5-12-22(19)38(32,33)34;;/h2-13,26,31H,14-15H2,1H3,(H,32,33,34);;/q;2*+1/p-2/b10-6+,17-9+;;. The summed E-state index contributed by atoms with van der Waals surface area (Å²) in [6.45, 7) is 1.72. The van der Waals surface area contributed by atoms with E-state index in [1.165, 1.54) is 41.2 Å². The van der Waals surface area contributed by atoms with Crippen molar-refractivity contribution >= 4 is 40.4 Å². The van der Waals surface area contributed by atoms with E-state index in [4.69, 9.17) is 0 Å². The number of hydrazone groups is 1. The van der Waals surface area contributed by atoms with Crippen LogP contribution in [0.5, 0.6) is 0 Å². The van der Waals surface area contributed by atoms with Gasteiger partial charge >= 0.3 is 103 Å². The van der Waals surface area contributed by atoms with Crippen LogP contribution < -0.4 is 114 Å². The number of allylic oxidation sites excluding steroid dienone is 2. The molecule has 0 aliphatic carbocycles. The number of nitrogens with zero attached hydrogens (tertiary/aromatic N) is 3. The van der Waals surface area contributed by atoms with Crippen molar-refractivity contribution in [2.75, 3.05) is 0 Å². The molecule has 0 bridgehead atoms. The fourth-order valence-electron chi connectivity index (χ4n) is 3.77. The number of carbonyl (C=O) groups is 1. The summed E-state index contributed by atoms with van der Waals surface area (Å²) in [5.41, 5.74) is 1.75. The van der Waals surface area contributed by atoms with Crippen molar-refractivity contribution in [1.82, 2.24) is 14.8 Å². The molecule has 1 aliphatic heterocycles. The van der Waals surface area contributed by atoms with E-state index in [9.17, 15) is 27.8 Å². The van der Waals surface area contributed by atoms with Gasteiger partial charge in [0, 0.05) is 10.6 Å². The van der Waals surface area contributed by atoms with Gasteiger partial charge in [-0.3, -0.25) is 19.7 Å². The third kappa shape index (κ3) is 8.99.